The average Bonchev–Trinajstić information content (AvgIpc) is 2.90. The molecule has 6 heteroatoms. The second-order valence-corrected chi connectivity index (χ2v) is 8.80. The quantitative estimate of drug-likeness (QED) is 0.815. The summed E-state index contributed by atoms with van der Waals surface area (Å²) in [7, 11) is -2.88. The number of sulfone groups is 1. The van der Waals surface area contributed by atoms with E-state index in [0.29, 0.717) is 13.0 Å². The van der Waals surface area contributed by atoms with Crippen molar-refractivity contribution < 1.29 is 18.3 Å². The minimum absolute atomic E-state index is 0.0370. The van der Waals surface area contributed by atoms with Gasteiger partial charge in [-0.05, 0) is 36.8 Å². The van der Waals surface area contributed by atoms with Gasteiger partial charge in [-0.25, -0.2) is 8.42 Å². The van der Waals surface area contributed by atoms with Crippen molar-refractivity contribution in [3.8, 4) is 0 Å². The molecule has 1 aromatic rings. The van der Waals surface area contributed by atoms with Gasteiger partial charge in [-0.15, -0.1) is 0 Å². The van der Waals surface area contributed by atoms with Gasteiger partial charge in [0.05, 0.1) is 30.3 Å². The zero-order valence-electron chi connectivity index (χ0n) is 13.3. The fourth-order valence-corrected chi connectivity index (χ4v) is 5.14. The number of hydrogen-bond acceptors (Lipinski definition) is 5. The van der Waals surface area contributed by atoms with E-state index in [1.165, 1.54) is 11.1 Å². The Labute approximate surface area is 138 Å². The Bertz CT molecular complexity index is 631. The molecule has 0 spiro atoms. The molecule has 1 aromatic carbocycles. The van der Waals surface area contributed by atoms with Crippen molar-refractivity contribution in [1.82, 2.24) is 5.32 Å². The standard InChI is InChI=1S/C17H25NO4S/c19-15(10-18-14-8-9-23(20,21)12-14)11-22-17-7-3-5-13-4-1-2-6-16(13)17/h1-2,4,6,14-15,17-19H,3,5,7-12H2/t14-,15-,17+/m0/s1. The van der Waals surface area contributed by atoms with E-state index in [4.69, 9.17) is 4.74 Å². The minimum atomic E-state index is -2.88. The van der Waals surface area contributed by atoms with Crippen molar-refractivity contribution in [1.29, 1.82) is 0 Å². The Morgan fingerprint density at radius 3 is 2.91 bits per heavy atom. The van der Waals surface area contributed by atoms with E-state index in [1.54, 1.807) is 0 Å². The summed E-state index contributed by atoms with van der Waals surface area (Å²) in [6.45, 7) is 0.639. The van der Waals surface area contributed by atoms with Crippen LogP contribution in [0.5, 0.6) is 0 Å². The molecule has 3 atom stereocenters. The van der Waals surface area contributed by atoms with Gasteiger partial charge in [-0.3, -0.25) is 0 Å². The predicted octanol–water partition coefficient (Wildman–Crippen LogP) is 1.22. The largest absolute Gasteiger partial charge is 0.389 e. The summed E-state index contributed by atoms with van der Waals surface area (Å²) in [6, 6.07) is 8.29. The van der Waals surface area contributed by atoms with E-state index >= 15 is 0 Å². The van der Waals surface area contributed by atoms with Crippen molar-refractivity contribution in [3.05, 3.63) is 35.4 Å². The Morgan fingerprint density at radius 1 is 1.30 bits per heavy atom. The zero-order chi connectivity index (χ0) is 16.3. The molecule has 1 heterocycles. The first kappa shape index (κ1) is 16.9. The highest BCUT2D eigenvalue weighted by molar-refractivity contribution is 7.91. The van der Waals surface area contributed by atoms with Crippen LogP contribution in [0.3, 0.4) is 0 Å². The number of hydrogen-bond donors (Lipinski definition) is 2. The first-order valence-electron chi connectivity index (χ1n) is 8.35. The number of aliphatic hydroxyl groups excluding tert-OH is 1. The first-order valence-corrected chi connectivity index (χ1v) is 10.2. The molecule has 128 valence electrons. The minimum Gasteiger partial charge on any atom is -0.389 e. The summed E-state index contributed by atoms with van der Waals surface area (Å²) in [4.78, 5) is 0. The average molecular weight is 339 g/mol. The molecule has 1 saturated heterocycles. The molecular formula is C17H25NO4S. The molecule has 23 heavy (non-hydrogen) atoms. The van der Waals surface area contributed by atoms with Gasteiger partial charge in [-0.2, -0.15) is 0 Å². The number of fused-ring (bicyclic) bond motifs is 1. The van der Waals surface area contributed by atoms with E-state index in [2.05, 4.69) is 23.5 Å². The van der Waals surface area contributed by atoms with Gasteiger partial charge < -0.3 is 15.2 Å². The van der Waals surface area contributed by atoms with Gasteiger partial charge in [-0.1, -0.05) is 24.3 Å². The normalized spacial score (nSPS) is 27.5. The molecule has 2 N–H and O–H groups in total. The lowest BCUT2D eigenvalue weighted by Crippen LogP contribution is -2.38. The Morgan fingerprint density at radius 2 is 2.13 bits per heavy atom. The monoisotopic (exact) mass is 339 g/mol. The Hall–Kier alpha value is -0.950. The Kier molecular flexibility index (Phi) is 5.36. The SMILES string of the molecule is O=S1(=O)CC[C@H](NC[C@H](O)CO[C@@H]2CCCc3ccccc32)C1. The van der Waals surface area contributed by atoms with Crippen LogP contribution in [-0.2, 0) is 21.0 Å². The van der Waals surface area contributed by atoms with Gasteiger partial charge in [0.1, 0.15) is 0 Å². The third kappa shape index (κ3) is 4.53. The summed E-state index contributed by atoms with van der Waals surface area (Å²) in [5.74, 6) is 0.423. The number of aliphatic hydroxyl groups is 1. The number of ether oxygens (including phenoxy) is 1. The highest BCUT2D eigenvalue weighted by Crippen LogP contribution is 2.32. The molecule has 3 rings (SSSR count). The van der Waals surface area contributed by atoms with E-state index in [1.807, 2.05) is 6.07 Å². The number of benzene rings is 1. The third-order valence-electron chi connectivity index (χ3n) is 4.68. The maximum absolute atomic E-state index is 11.4. The van der Waals surface area contributed by atoms with Crippen LogP contribution in [0.2, 0.25) is 0 Å². The van der Waals surface area contributed by atoms with Gasteiger partial charge in [0.25, 0.3) is 0 Å². The smallest absolute Gasteiger partial charge is 0.151 e. The predicted molar refractivity (Wildman–Crippen MR) is 89.1 cm³/mol. The van der Waals surface area contributed by atoms with E-state index in [0.717, 1.165) is 19.3 Å². The highest BCUT2D eigenvalue weighted by Gasteiger charge is 2.28. The maximum atomic E-state index is 11.4. The number of rotatable bonds is 6. The van der Waals surface area contributed by atoms with E-state index < -0.39 is 15.9 Å². The number of nitrogens with one attached hydrogen (secondary N) is 1. The summed E-state index contributed by atoms with van der Waals surface area (Å²) < 4.78 is 28.7. The van der Waals surface area contributed by atoms with Gasteiger partial charge >= 0.3 is 0 Å². The van der Waals surface area contributed by atoms with Crippen molar-refractivity contribution in [2.24, 2.45) is 0 Å². The molecule has 5 nitrogen and oxygen atoms in total. The Balaban J connectivity index is 1.44. The van der Waals surface area contributed by atoms with Gasteiger partial charge in [0.2, 0.25) is 0 Å². The van der Waals surface area contributed by atoms with Crippen LogP contribution in [0.25, 0.3) is 0 Å². The lowest BCUT2D eigenvalue weighted by molar-refractivity contribution is -0.0172. The summed E-state index contributed by atoms with van der Waals surface area (Å²) in [5, 5.41) is 13.2. The first-order chi connectivity index (χ1) is 11.0. The molecular weight excluding hydrogens is 314 g/mol. The topological polar surface area (TPSA) is 75.6 Å². The molecule has 2 aliphatic rings. The summed E-state index contributed by atoms with van der Waals surface area (Å²) in [5.41, 5.74) is 2.58. The van der Waals surface area contributed by atoms with Crippen LogP contribution in [0.1, 0.15) is 36.5 Å². The zero-order valence-corrected chi connectivity index (χ0v) is 14.1. The second-order valence-electron chi connectivity index (χ2n) is 6.58. The summed E-state index contributed by atoms with van der Waals surface area (Å²) >= 11 is 0. The molecule has 0 bridgehead atoms. The molecule has 0 unspecified atom stereocenters. The summed E-state index contributed by atoms with van der Waals surface area (Å²) in [6.07, 6.45) is 3.25. The molecule has 0 saturated carbocycles. The number of aryl methyl sites for hydroxylation is 1. The van der Waals surface area contributed by atoms with Crippen molar-refractivity contribution in [2.75, 3.05) is 24.7 Å². The lowest BCUT2D eigenvalue weighted by Gasteiger charge is -2.27. The highest BCUT2D eigenvalue weighted by atomic mass is 32.2. The molecule has 1 aliphatic carbocycles. The van der Waals surface area contributed by atoms with Gasteiger partial charge in [0, 0.05) is 12.6 Å². The molecule has 0 amide bonds. The van der Waals surface area contributed by atoms with Gasteiger partial charge in [0.15, 0.2) is 9.84 Å². The van der Waals surface area contributed by atoms with Crippen molar-refractivity contribution in [2.45, 2.75) is 43.9 Å². The van der Waals surface area contributed by atoms with Crippen LogP contribution in [0.15, 0.2) is 24.3 Å². The van der Waals surface area contributed by atoms with Crippen LogP contribution >= 0.6 is 0 Å². The fourth-order valence-electron chi connectivity index (χ4n) is 3.43. The maximum Gasteiger partial charge on any atom is 0.151 e. The molecule has 0 aromatic heterocycles. The van der Waals surface area contributed by atoms with Crippen LogP contribution in [0.4, 0.5) is 0 Å². The fraction of sp³-hybridized carbons (Fsp3) is 0.647. The molecule has 0 radical (unpaired) electrons. The van der Waals surface area contributed by atoms with Crippen LogP contribution < -0.4 is 5.32 Å². The van der Waals surface area contributed by atoms with Crippen LogP contribution in [0, 0.1) is 0 Å². The second kappa shape index (κ2) is 7.30. The van der Waals surface area contributed by atoms with Crippen LogP contribution in [-0.4, -0.2) is 50.3 Å². The van der Waals surface area contributed by atoms with E-state index in [-0.39, 0.29) is 30.3 Å². The molecule has 1 fully saturated rings. The molecule has 1 aliphatic heterocycles. The van der Waals surface area contributed by atoms with Crippen molar-refractivity contribution in [3.63, 3.8) is 0 Å². The lowest BCUT2D eigenvalue weighted by atomic mass is 9.89. The third-order valence-corrected chi connectivity index (χ3v) is 6.45. The van der Waals surface area contributed by atoms with E-state index in [9.17, 15) is 13.5 Å². The van der Waals surface area contributed by atoms with Crippen molar-refractivity contribution >= 4 is 9.84 Å².